The Balaban J connectivity index is 2.15. The molecule has 1 heterocycles. The van der Waals surface area contributed by atoms with Crippen molar-refractivity contribution >= 4 is 0 Å². The fourth-order valence-electron chi connectivity index (χ4n) is 2.73. The standard InChI is InChI=1S/C14H22N2O/c1-10(2)17-13-6-12(8-16-9-13)14-5-3-4-11(14)7-15/h6,8-11,14H,3-5,7,15H2,1-2H3. The predicted molar refractivity (Wildman–Crippen MR) is 69.1 cm³/mol. The molecule has 0 bridgehead atoms. The zero-order valence-electron chi connectivity index (χ0n) is 10.7. The molecule has 0 aliphatic heterocycles. The first-order chi connectivity index (χ1) is 8.20. The van der Waals surface area contributed by atoms with E-state index in [1.165, 1.54) is 24.8 Å². The highest BCUT2D eigenvalue weighted by Gasteiger charge is 2.27. The van der Waals surface area contributed by atoms with Gasteiger partial charge in [-0.25, -0.2) is 0 Å². The van der Waals surface area contributed by atoms with Gasteiger partial charge in [0.05, 0.1) is 12.3 Å². The number of ether oxygens (including phenoxy) is 1. The summed E-state index contributed by atoms with van der Waals surface area (Å²) in [7, 11) is 0. The molecule has 2 atom stereocenters. The summed E-state index contributed by atoms with van der Waals surface area (Å²) in [6.07, 6.45) is 7.70. The Morgan fingerprint density at radius 2 is 2.24 bits per heavy atom. The quantitative estimate of drug-likeness (QED) is 0.871. The van der Waals surface area contributed by atoms with Crippen LogP contribution in [0.4, 0.5) is 0 Å². The van der Waals surface area contributed by atoms with E-state index in [9.17, 15) is 0 Å². The van der Waals surface area contributed by atoms with Gasteiger partial charge < -0.3 is 10.5 Å². The summed E-state index contributed by atoms with van der Waals surface area (Å²) in [6, 6.07) is 2.13. The summed E-state index contributed by atoms with van der Waals surface area (Å²) in [4.78, 5) is 4.29. The first-order valence-electron chi connectivity index (χ1n) is 6.52. The van der Waals surface area contributed by atoms with Gasteiger partial charge in [0, 0.05) is 6.20 Å². The highest BCUT2D eigenvalue weighted by Crippen LogP contribution is 2.39. The lowest BCUT2D eigenvalue weighted by atomic mass is 9.90. The molecular formula is C14H22N2O. The number of hydrogen-bond acceptors (Lipinski definition) is 3. The molecule has 2 N–H and O–H groups in total. The number of aromatic nitrogens is 1. The zero-order chi connectivity index (χ0) is 12.3. The van der Waals surface area contributed by atoms with Gasteiger partial charge in [0.1, 0.15) is 5.75 Å². The van der Waals surface area contributed by atoms with Gasteiger partial charge in [0.2, 0.25) is 0 Å². The molecule has 2 unspecified atom stereocenters. The fraction of sp³-hybridized carbons (Fsp3) is 0.643. The van der Waals surface area contributed by atoms with Crippen LogP contribution in [0, 0.1) is 5.92 Å². The molecular weight excluding hydrogens is 212 g/mol. The van der Waals surface area contributed by atoms with Gasteiger partial charge in [-0.15, -0.1) is 0 Å². The molecule has 3 nitrogen and oxygen atoms in total. The molecule has 94 valence electrons. The molecule has 0 radical (unpaired) electrons. The second-order valence-electron chi connectivity index (χ2n) is 5.15. The smallest absolute Gasteiger partial charge is 0.138 e. The lowest BCUT2D eigenvalue weighted by Crippen LogP contribution is -2.17. The van der Waals surface area contributed by atoms with Crippen molar-refractivity contribution in [2.45, 2.75) is 45.1 Å². The molecule has 3 heteroatoms. The van der Waals surface area contributed by atoms with Crippen molar-refractivity contribution in [3.63, 3.8) is 0 Å². The fourth-order valence-corrected chi connectivity index (χ4v) is 2.73. The molecule has 1 fully saturated rings. The van der Waals surface area contributed by atoms with Gasteiger partial charge in [-0.05, 0) is 56.7 Å². The number of rotatable bonds is 4. The number of hydrogen-bond donors (Lipinski definition) is 1. The minimum absolute atomic E-state index is 0.195. The van der Waals surface area contributed by atoms with Crippen molar-refractivity contribution in [1.82, 2.24) is 4.98 Å². The van der Waals surface area contributed by atoms with Crippen LogP contribution >= 0.6 is 0 Å². The van der Waals surface area contributed by atoms with Crippen LogP contribution in [-0.4, -0.2) is 17.6 Å². The highest BCUT2D eigenvalue weighted by atomic mass is 16.5. The van der Waals surface area contributed by atoms with Gasteiger partial charge in [0.25, 0.3) is 0 Å². The third-order valence-electron chi connectivity index (χ3n) is 3.50. The molecule has 1 aliphatic carbocycles. The van der Waals surface area contributed by atoms with Crippen LogP contribution in [0.2, 0.25) is 0 Å². The third kappa shape index (κ3) is 2.97. The summed E-state index contributed by atoms with van der Waals surface area (Å²) >= 11 is 0. The highest BCUT2D eigenvalue weighted by molar-refractivity contribution is 5.27. The van der Waals surface area contributed by atoms with E-state index in [1.807, 2.05) is 20.0 Å². The summed E-state index contributed by atoms with van der Waals surface area (Å²) in [5, 5.41) is 0. The van der Waals surface area contributed by atoms with Crippen LogP contribution < -0.4 is 10.5 Å². The molecule has 1 aromatic rings. The Kier molecular flexibility index (Phi) is 4.00. The van der Waals surface area contributed by atoms with E-state index < -0.39 is 0 Å². The maximum Gasteiger partial charge on any atom is 0.138 e. The molecule has 2 rings (SSSR count). The van der Waals surface area contributed by atoms with Crippen molar-refractivity contribution in [2.24, 2.45) is 11.7 Å². The van der Waals surface area contributed by atoms with Gasteiger partial charge in [-0.3, -0.25) is 4.98 Å². The second-order valence-corrected chi connectivity index (χ2v) is 5.15. The topological polar surface area (TPSA) is 48.1 Å². The van der Waals surface area contributed by atoms with Gasteiger partial charge >= 0.3 is 0 Å². The number of pyridine rings is 1. The minimum atomic E-state index is 0.195. The molecule has 17 heavy (non-hydrogen) atoms. The van der Waals surface area contributed by atoms with Crippen LogP contribution in [0.5, 0.6) is 5.75 Å². The van der Waals surface area contributed by atoms with Gasteiger partial charge in [-0.1, -0.05) is 6.42 Å². The van der Waals surface area contributed by atoms with Crippen LogP contribution in [-0.2, 0) is 0 Å². The minimum Gasteiger partial charge on any atom is -0.489 e. The van der Waals surface area contributed by atoms with Crippen molar-refractivity contribution in [1.29, 1.82) is 0 Å². The van der Waals surface area contributed by atoms with Crippen molar-refractivity contribution in [2.75, 3.05) is 6.54 Å². The van der Waals surface area contributed by atoms with E-state index >= 15 is 0 Å². The van der Waals surface area contributed by atoms with Crippen molar-refractivity contribution < 1.29 is 4.74 Å². The summed E-state index contributed by atoms with van der Waals surface area (Å²) in [5.41, 5.74) is 7.12. The van der Waals surface area contributed by atoms with Crippen molar-refractivity contribution in [3.8, 4) is 5.75 Å². The van der Waals surface area contributed by atoms with Gasteiger partial charge in [-0.2, -0.15) is 0 Å². The van der Waals surface area contributed by atoms with E-state index in [1.54, 1.807) is 6.20 Å². The summed E-state index contributed by atoms with van der Waals surface area (Å²) in [5.74, 6) is 2.06. The average Bonchev–Trinajstić information content (AvgIpc) is 2.76. The first kappa shape index (κ1) is 12.4. The van der Waals surface area contributed by atoms with Crippen LogP contribution in [0.15, 0.2) is 18.5 Å². The Labute approximate surface area is 103 Å². The Morgan fingerprint density at radius 1 is 1.41 bits per heavy atom. The molecule has 0 aromatic carbocycles. The zero-order valence-corrected chi connectivity index (χ0v) is 10.7. The van der Waals surface area contributed by atoms with E-state index in [4.69, 9.17) is 10.5 Å². The van der Waals surface area contributed by atoms with E-state index in [-0.39, 0.29) is 6.10 Å². The summed E-state index contributed by atoms with van der Waals surface area (Å²) < 4.78 is 5.69. The van der Waals surface area contributed by atoms with Crippen LogP contribution in [0.25, 0.3) is 0 Å². The third-order valence-corrected chi connectivity index (χ3v) is 3.50. The van der Waals surface area contributed by atoms with Crippen LogP contribution in [0.1, 0.15) is 44.6 Å². The second kappa shape index (κ2) is 5.50. The number of nitrogens with zero attached hydrogens (tertiary/aromatic N) is 1. The monoisotopic (exact) mass is 234 g/mol. The lowest BCUT2D eigenvalue weighted by molar-refractivity contribution is 0.241. The molecule has 0 spiro atoms. The maximum atomic E-state index is 5.83. The normalized spacial score (nSPS) is 24.2. The Bertz CT molecular complexity index is 365. The molecule has 1 saturated carbocycles. The molecule has 0 saturated heterocycles. The average molecular weight is 234 g/mol. The van der Waals surface area contributed by atoms with Crippen molar-refractivity contribution in [3.05, 3.63) is 24.0 Å². The van der Waals surface area contributed by atoms with Crippen LogP contribution in [0.3, 0.4) is 0 Å². The number of nitrogens with two attached hydrogens (primary N) is 1. The maximum absolute atomic E-state index is 5.83. The predicted octanol–water partition coefficient (Wildman–Crippen LogP) is 2.71. The molecule has 1 aliphatic rings. The first-order valence-corrected chi connectivity index (χ1v) is 6.52. The Hall–Kier alpha value is -1.09. The SMILES string of the molecule is CC(C)Oc1cncc(C2CCCC2CN)c1. The lowest BCUT2D eigenvalue weighted by Gasteiger charge is -2.19. The Morgan fingerprint density at radius 3 is 2.94 bits per heavy atom. The van der Waals surface area contributed by atoms with E-state index in [2.05, 4.69) is 11.1 Å². The van der Waals surface area contributed by atoms with E-state index in [0.717, 1.165) is 12.3 Å². The largest absolute Gasteiger partial charge is 0.489 e. The molecule has 0 amide bonds. The molecule has 1 aromatic heterocycles. The van der Waals surface area contributed by atoms with Gasteiger partial charge in [0.15, 0.2) is 0 Å². The van der Waals surface area contributed by atoms with E-state index in [0.29, 0.717) is 11.8 Å². The summed E-state index contributed by atoms with van der Waals surface area (Å²) in [6.45, 7) is 4.84.